The molecule has 0 amide bonds. The van der Waals surface area contributed by atoms with Gasteiger partial charge in [0.2, 0.25) is 0 Å². The lowest BCUT2D eigenvalue weighted by Crippen LogP contribution is -2.08. The van der Waals surface area contributed by atoms with Crippen molar-refractivity contribution in [2.75, 3.05) is 12.0 Å². The molecular weight excluding hydrogens is 180 g/mol. The van der Waals surface area contributed by atoms with Crippen molar-refractivity contribution < 1.29 is 5.11 Å². The number of phenols is 1. The van der Waals surface area contributed by atoms with Gasteiger partial charge in [-0.1, -0.05) is 12.1 Å². The molecule has 70 valence electrons. The van der Waals surface area contributed by atoms with E-state index in [9.17, 15) is 0 Å². The van der Waals surface area contributed by atoms with Crippen LogP contribution >= 0.6 is 11.8 Å². The van der Waals surface area contributed by atoms with Crippen LogP contribution in [0.3, 0.4) is 0 Å². The Labute approximate surface area is 83.2 Å². The van der Waals surface area contributed by atoms with Crippen molar-refractivity contribution in [2.45, 2.75) is 18.3 Å². The van der Waals surface area contributed by atoms with Crippen molar-refractivity contribution >= 4 is 11.8 Å². The quantitative estimate of drug-likeness (QED) is 0.798. The first-order valence-corrected chi connectivity index (χ1v) is 5.95. The van der Waals surface area contributed by atoms with Crippen LogP contribution in [0.15, 0.2) is 24.3 Å². The predicted molar refractivity (Wildman–Crippen MR) is 57.4 cm³/mol. The summed E-state index contributed by atoms with van der Waals surface area (Å²) < 4.78 is 0. The highest BCUT2D eigenvalue weighted by Gasteiger charge is 2.43. The van der Waals surface area contributed by atoms with Crippen LogP contribution in [0.2, 0.25) is 0 Å². The predicted octanol–water partition coefficient (Wildman–Crippen LogP) is 2.79. The average molecular weight is 194 g/mol. The maximum atomic E-state index is 9.17. The van der Waals surface area contributed by atoms with Crippen LogP contribution < -0.4 is 0 Å². The first-order chi connectivity index (χ1) is 6.27. The second-order valence-electron chi connectivity index (χ2n) is 3.76. The number of benzene rings is 1. The van der Waals surface area contributed by atoms with E-state index in [4.69, 9.17) is 5.11 Å². The molecule has 1 nitrogen and oxygen atoms in total. The van der Waals surface area contributed by atoms with Crippen LogP contribution in [0.4, 0.5) is 0 Å². The third-order valence-electron chi connectivity index (χ3n) is 2.75. The van der Waals surface area contributed by atoms with Crippen LogP contribution in [-0.2, 0) is 5.41 Å². The first kappa shape index (κ1) is 8.95. The van der Waals surface area contributed by atoms with E-state index in [-0.39, 0.29) is 0 Å². The van der Waals surface area contributed by atoms with Gasteiger partial charge in [-0.25, -0.2) is 0 Å². The molecule has 1 aliphatic carbocycles. The molecule has 0 heterocycles. The molecule has 0 saturated heterocycles. The van der Waals surface area contributed by atoms with E-state index in [0.29, 0.717) is 11.2 Å². The lowest BCUT2D eigenvalue weighted by molar-refractivity contribution is 0.475. The van der Waals surface area contributed by atoms with E-state index < -0.39 is 0 Å². The molecule has 0 spiro atoms. The normalized spacial score (nSPS) is 18.5. The molecule has 0 atom stereocenters. The lowest BCUT2D eigenvalue weighted by Gasteiger charge is -2.13. The molecule has 0 aliphatic heterocycles. The summed E-state index contributed by atoms with van der Waals surface area (Å²) in [6.45, 7) is 0. The van der Waals surface area contributed by atoms with Gasteiger partial charge in [0.1, 0.15) is 5.75 Å². The van der Waals surface area contributed by atoms with Crippen molar-refractivity contribution in [2.24, 2.45) is 0 Å². The molecule has 1 aromatic carbocycles. The van der Waals surface area contributed by atoms with Crippen molar-refractivity contribution in [3.05, 3.63) is 29.8 Å². The highest BCUT2D eigenvalue weighted by Crippen LogP contribution is 2.50. The Bertz CT molecular complexity index is 287. The summed E-state index contributed by atoms with van der Waals surface area (Å²) in [5, 5.41) is 9.17. The number of rotatable bonds is 3. The van der Waals surface area contributed by atoms with Crippen LogP contribution in [0, 0.1) is 0 Å². The fraction of sp³-hybridized carbons (Fsp3) is 0.455. The molecule has 1 aliphatic rings. The Kier molecular flexibility index (Phi) is 2.24. The van der Waals surface area contributed by atoms with Crippen LogP contribution in [0.5, 0.6) is 5.75 Å². The second-order valence-corrected chi connectivity index (χ2v) is 4.63. The molecule has 0 unspecified atom stereocenters. The summed E-state index contributed by atoms with van der Waals surface area (Å²) in [6.07, 6.45) is 4.76. The van der Waals surface area contributed by atoms with Gasteiger partial charge in [0.25, 0.3) is 0 Å². The molecule has 1 saturated carbocycles. The Hall–Kier alpha value is -0.630. The first-order valence-electron chi connectivity index (χ1n) is 4.55. The minimum Gasteiger partial charge on any atom is -0.508 e. The molecule has 1 fully saturated rings. The molecule has 0 aromatic heterocycles. The lowest BCUT2D eigenvalue weighted by atomic mass is 9.98. The summed E-state index contributed by atoms with van der Waals surface area (Å²) in [6, 6.07) is 7.68. The fourth-order valence-electron chi connectivity index (χ4n) is 1.76. The van der Waals surface area contributed by atoms with Gasteiger partial charge in [-0.15, -0.1) is 0 Å². The third kappa shape index (κ3) is 1.68. The van der Waals surface area contributed by atoms with Gasteiger partial charge < -0.3 is 5.11 Å². The van der Waals surface area contributed by atoms with E-state index in [1.54, 1.807) is 12.1 Å². The van der Waals surface area contributed by atoms with E-state index in [2.05, 4.69) is 18.4 Å². The Morgan fingerprint density at radius 2 is 1.92 bits per heavy atom. The summed E-state index contributed by atoms with van der Waals surface area (Å²) >= 11 is 1.91. The van der Waals surface area contributed by atoms with Gasteiger partial charge in [-0.05, 0) is 36.8 Å². The molecule has 2 heteroatoms. The SMILES string of the molecule is CSCC1(c2ccc(O)cc2)CC1. The maximum Gasteiger partial charge on any atom is 0.115 e. The zero-order chi connectivity index (χ0) is 9.31. The second kappa shape index (κ2) is 3.26. The third-order valence-corrected chi connectivity index (χ3v) is 3.60. The van der Waals surface area contributed by atoms with Crippen molar-refractivity contribution in [1.82, 2.24) is 0 Å². The van der Waals surface area contributed by atoms with Gasteiger partial charge in [0.15, 0.2) is 0 Å². The van der Waals surface area contributed by atoms with Gasteiger partial charge in [0, 0.05) is 11.2 Å². The summed E-state index contributed by atoms with van der Waals surface area (Å²) in [5.41, 5.74) is 1.83. The molecular formula is C11H14OS. The van der Waals surface area contributed by atoms with Crippen LogP contribution in [0.1, 0.15) is 18.4 Å². The Morgan fingerprint density at radius 3 is 2.38 bits per heavy atom. The van der Waals surface area contributed by atoms with E-state index in [1.807, 2.05) is 11.8 Å². The largest absolute Gasteiger partial charge is 0.508 e. The van der Waals surface area contributed by atoms with E-state index in [1.165, 1.54) is 24.2 Å². The summed E-state index contributed by atoms with van der Waals surface area (Å²) in [5.74, 6) is 1.57. The molecule has 13 heavy (non-hydrogen) atoms. The number of hydrogen-bond acceptors (Lipinski definition) is 2. The fourth-order valence-corrected chi connectivity index (χ4v) is 2.77. The van der Waals surface area contributed by atoms with Crippen LogP contribution in [-0.4, -0.2) is 17.1 Å². The van der Waals surface area contributed by atoms with Gasteiger partial charge >= 0.3 is 0 Å². The highest BCUT2D eigenvalue weighted by molar-refractivity contribution is 7.98. The van der Waals surface area contributed by atoms with Crippen LogP contribution in [0.25, 0.3) is 0 Å². The number of aromatic hydroxyl groups is 1. The standard InChI is InChI=1S/C11H14OS/c1-13-8-11(6-7-11)9-2-4-10(12)5-3-9/h2-5,12H,6-8H2,1H3. The van der Waals surface area contributed by atoms with Gasteiger partial charge in [-0.3, -0.25) is 0 Å². The Balaban J connectivity index is 2.20. The molecule has 0 bridgehead atoms. The molecule has 2 rings (SSSR count). The van der Waals surface area contributed by atoms with E-state index >= 15 is 0 Å². The monoisotopic (exact) mass is 194 g/mol. The molecule has 1 aromatic rings. The zero-order valence-electron chi connectivity index (χ0n) is 7.79. The minimum atomic E-state index is 0.365. The number of thioether (sulfide) groups is 1. The van der Waals surface area contributed by atoms with Gasteiger partial charge in [0.05, 0.1) is 0 Å². The number of hydrogen-bond donors (Lipinski definition) is 1. The van der Waals surface area contributed by atoms with Crippen molar-refractivity contribution in [3.8, 4) is 5.75 Å². The Morgan fingerprint density at radius 1 is 1.31 bits per heavy atom. The molecule has 0 radical (unpaired) electrons. The molecule has 1 N–H and O–H groups in total. The van der Waals surface area contributed by atoms with Gasteiger partial charge in [-0.2, -0.15) is 11.8 Å². The van der Waals surface area contributed by atoms with Crippen molar-refractivity contribution in [1.29, 1.82) is 0 Å². The topological polar surface area (TPSA) is 20.2 Å². The van der Waals surface area contributed by atoms with Crippen molar-refractivity contribution in [3.63, 3.8) is 0 Å². The zero-order valence-corrected chi connectivity index (χ0v) is 8.60. The summed E-state index contributed by atoms with van der Waals surface area (Å²) in [7, 11) is 0. The smallest absolute Gasteiger partial charge is 0.115 e. The maximum absolute atomic E-state index is 9.17. The number of phenolic OH excluding ortho intramolecular Hbond substituents is 1. The summed E-state index contributed by atoms with van der Waals surface area (Å²) in [4.78, 5) is 0. The average Bonchev–Trinajstić information content (AvgIpc) is 2.87. The van der Waals surface area contributed by atoms with E-state index in [0.717, 1.165) is 0 Å². The minimum absolute atomic E-state index is 0.365. The highest BCUT2D eigenvalue weighted by atomic mass is 32.2.